The number of benzene rings is 3. The summed E-state index contributed by atoms with van der Waals surface area (Å²) in [4.78, 5) is 47.0. The van der Waals surface area contributed by atoms with Gasteiger partial charge in [0.15, 0.2) is 0 Å². The summed E-state index contributed by atoms with van der Waals surface area (Å²) in [5, 5.41) is 3.74. The molecule has 2 aliphatic heterocycles. The minimum absolute atomic E-state index is 0.215. The van der Waals surface area contributed by atoms with Crippen LogP contribution in [-0.2, 0) is 16.0 Å². The fourth-order valence-electron chi connectivity index (χ4n) is 5.51. The standard InChI is InChI=1S/C29H25FN4O4/c1-38-15-14-31-27(35)20-7-3-5-9-23(20)34-28(36)24-16-21-19-6-2-4-8-22(19)32-25(21)26(33(24)29(34)37)17-10-12-18(30)13-11-17/h2-13,24,26,32H,14-16H2,1H3,(H,31,35)/t24-,26?/m0/s1. The van der Waals surface area contributed by atoms with Gasteiger partial charge in [-0.05, 0) is 41.5 Å². The maximum absolute atomic E-state index is 14.1. The number of carbonyl (C=O) groups is 3. The molecule has 2 atom stereocenters. The summed E-state index contributed by atoms with van der Waals surface area (Å²) in [6.07, 6.45) is 0.320. The smallest absolute Gasteiger partial charge is 0.332 e. The summed E-state index contributed by atoms with van der Waals surface area (Å²) >= 11 is 0. The molecule has 6 rings (SSSR count). The van der Waals surface area contributed by atoms with Crippen LogP contribution in [0.1, 0.15) is 33.2 Å². The molecule has 1 aromatic heterocycles. The first-order valence-electron chi connectivity index (χ1n) is 12.4. The Bertz CT molecular complexity index is 1560. The van der Waals surface area contributed by atoms with Crippen molar-refractivity contribution in [2.45, 2.75) is 18.5 Å². The summed E-state index contributed by atoms with van der Waals surface area (Å²) in [7, 11) is 1.54. The van der Waals surface area contributed by atoms with Crippen LogP contribution in [0.4, 0.5) is 14.9 Å². The van der Waals surface area contributed by atoms with Gasteiger partial charge in [0, 0.05) is 36.7 Å². The maximum atomic E-state index is 14.1. The highest BCUT2D eigenvalue weighted by Crippen LogP contribution is 2.45. The number of aromatic amines is 1. The molecule has 2 N–H and O–H groups in total. The van der Waals surface area contributed by atoms with Gasteiger partial charge in [-0.3, -0.25) is 14.5 Å². The number of methoxy groups -OCH3 is 1. The van der Waals surface area contributed by atoms with Crippen LogP contribution in [0, 0.1) is 5.82 Å². The van der Waals surface area contributed by atoms with Crippen molar-refractivity contribution in [2.75, 3.05) is 25.2 Å². The SMILES string of the molecule is COCCNC(=O)c1ccccc1N1C(=O)[C@@H]2Cc3c([nH]c4ccccc34)C(c3ccc(F)cc3)N2C1=O. The van der Waals surface area contributed by atoms with Gasteiger partial charge in [-0.25, -0.2) is 14.1 Å². The molecular formula is C29H25FN4O4. The van der Waals surface area contributed by atoms with Gasteiger partial charge in [0.25, 0.3) is 11.8 Å². The Hall–Kier alpha value is -4.50. The highest BCUT2D eigenvalue weighted by Gasteiger charge is 2.53. The van der Waals surface area contributed by atoms with Crippen LogP contribution in [0.2, 0.25) is 0 Å². The van der Waals surface area contributed by atoms with Crippen LogP contribution in [0.15, 0.2) is 72.8 Å². The van der Waals surface area contributed by atoms with Crippen LogP contribution in [0.25, 0.3) is 10.9 Å². The average Bonchev–Trinajstić information content (AvgIpc) is 3.42. The number of H-pyrrole nitrogens is 1. The first-order chi connectivity index (χ1) is 18.5. The van der Waals surface area contributed by atoms with E-state index in [-0.39, 0.29) is 17.8 Å². The number of halogens is 1. The molecule has 3 aromatic carbocycles. The van der Waals surface area contributed by atoms with E-state index in [4.69, 9.17) is 4.74 Å². The zero-order chi connectivity index (χ0) is 26.4. The minimum Gasteiger partial charge on any atom is -0.383 e. The average molecular weight is 513 g/mol. The van der Waals surface area contributed by atoms with Crippen molar-refractivity contribution in [3.8, 4) is 0 Å². The van der Waals surface area contributed by atoms with Crippen molar-refractivity contribution >= 4 is 34.4 Å². The van der Waals surface area contributed by atoms with E-state index in [1.54, 1.807) is 41.3 Å². The molecule has 38 heavy (non-hydrogen) atoms. The van der Waals surface area contributed by atoms with Crippen LogP contribution in [0.3, 0.4) is 0 Å². The molecule has 1 fully saturated rings. The number of amides is 4. The lowest BCUT2D eigenvalue weighted by Crippen LogP contribution is -2.44. The van der Waals surface area contributed by atoms with Crippen molar-refractivity contribution in [1.29, 1.82) is 0 Å². The molecular weight excluding hydrogens is 487 g/mol. The Morgan fingerprint density at radius 3 is 2.58 bits per heavy atom. The molecule has 3 heterocycles. The first-order valence-corrected chi connectivity index (χ1v) is 12.4. The van der Waals surface area contributed by atoms with Gasteiger partial charge >= 0.3 is 6.03 Å². The van der Waals surface area contributed by atoms with E-state index in [2.05, 4.69) is 10.3 Å². The number of imide groups is 1. The highest BCUT2D eigenvalue weighted by atomic mass is 19.1. The van der Waals surface area contributed by atoms with Gasteiger partial charge in [0.05, 0.1) is 17.9 Å². The van der Waals surface area contributed by atoms with Gasteiger partial charge in [-0.15, -0.1) is 0 Å². The van der Waals surface area contributed by atoms with E-state index >= 15 is 0 Å². The van der Waals surface area contributed by atoms with Crippen LogP contribution in [-0.4, -0.2) is 54.0 Å². The fourth-order valence-corrected chi connectivity index (χ4v) is 5.51. The summed E-state index contributed by atoms with van der Waals surface area (Å²) in [5.41, 5.74) is 3.76. The van der Waals surface area contributed by atoms with Crippen LogP contribution < -0.4 is 10.2 Å². The first kappa shape index (κ1) is 23.9. The van der Waals surface area contributed by atoms with Crippen molar-refractivity contribution < 1.29 is 23.5 Å². The largest absolute Gasteiger partial charge is 0.383 e. The number of anilines is 1. The molecule has 9 heteroatoms. The normalized spacial score (nSPS) is 18.6. The molecule has 8 nitrogen and oxygen atoms in total. The molecule has 1 unspecified atom stereocenters. The van der Waals surface area contributed by atoms with E-state index < -0.39 is 35.7 Å². The second-order valence-corrected chi connectivity index (χ2v) is 9.37. The zero-order valence-electron chi connectivity index (χ0n) is 20.6. The number of rotatable bonds is 6. The van der Waals surface area contributed by atoms with Crippen LogP contribution >= 0.6 is 0 Å². The summed E-state index contributed by atoms with van der Waals surface area (Å²) in [6, 6.07) is 18.4. The maximum Gasteiger partial charge on any atom is 0.332 e. The Balaban J connectivity index is 1.45. The molecule has 0 radical (unpaired) electrons. The molecule has 0 saturated carbocycles. The van der Waals surface area contributed by atoms with Crippen molar-refractivity contribution in [1.82, 2.24) is 15.2 Å². The molecule has 2 aliphatic rings. The molecule has 1 saturated heterocycles. The summed E-state index contributed by atoms with van der Waals surface area (Å²) < 4.78 is 18.8. The minimum atomic E-state index is -0.783. The van der Waals surface area contributed by atoms with Crippen LogP contribution in [0.5, 0.6) is 0 Å². The quantitative estimate of drug-likeness (QED) is 0.300. The van der Waals surface area contributed by atoms with E-state index in [9.17, 15) is 18.8 Å². The zero-order valence-corrected chi connectivity index (χ0v) is 20.6. The third kappa shape index (κ3) is 3.74. The lowest BCUT2D eigenvalue weighted by Gasteiger charge is -2.36. The molecule has 4 amide bonds. The number of nitrogens with zero attached hydrogens (tertiary/aromatic N) is 2. The second-order valence-electron chi connectivity index (χ2n) is 9.37. The van der Waals surface area contributed by atoms with E-state index in [1.165, 1.54) is 19.2 Å². The highest BCUT2D eigenvalue weighted by molar-refractivity contribution is 6.24. The predicted molar refractivity (Wildman–Crippen MR) is 139 cm³/mol. The number of ether oxygens (including phenoxy) is 1. The Labute approximate surface area is 218 Å². The van der Waals surface area contributed by atoms with Gasteiger partial charge in [0.1, 0.15) is 17.9 Å². The van der Waals surface area contributed by atoms with E-state index in [1.807, 2.05) is 24.3 Å². The number of aromatic nitrogens is 1. The number of para-hydroxylation sites is 2. The van der Waals surface area contributed by atoms with Gasteiger partial charge < -0.3 is 15.0 Å². The Kier molecular flexibility index (Phi) is 5.92. The number of fused-ring (bicyclic) bond motifs is 4. The summed E-state index contributed by atoms with van der Waals surface area (Å²) in [5.74, 6) is -1.21. The molecule has 0 aliphatic carbocycles. The Morgan fingerprint density at radius 2 is 1.79 bits per heavy atom. The second kappa shape index (κ2) is 9.42. The topological polar surface area (TPSA) is 94.7 Å². The molecule has 4 aromatic rings. The predicted octanol–water partition coefficient (Wildman–Crippen LogP) is 4.17. The van der Waals surface area contributed by atoms with E-state index in [0.29, 0.717) is 18.6 Å². The Morgan fingerprint density at radius 1 is 1.05 bits per heavy atom. The monoisotopic (exact) mass is 512 g/mol. The third-order valence-electron chi connectivity index (χ3n) is 7.22. The van der Waals surface area contributed by atoms with Crippen molar-refractivity contribution in [3.63, 3.8) is 0 Å². The van der Waals surface area contributed by atoms with Gasteiger partial charge in [-0.1, -0.05) is 42.5 Å². The number of hydrogen-bond donors (Lipinski definition) is 2. The van der Waals surface area contributed by atoms with Gasteiger partial charge in [0.2, 0.25) is 0 Å². The lowest BCUT2D eigenvalue weighted by molar-refractivity contribution is -0.120. The number of urea groups is 1. The summed E-state index contributed by atoms with van der Waals surface area (Å²) in [6.45, 7) is 0.616. The fraction of sp³-hybridized carbons (Fsp3) is 0.207. The van der Waals surface area contributed by atoms with Gasteiger partial charge in [-0.2, -0.15) is 0 Å². The van der Waals surface area contributed by atoms with Crippen molar-refractivity contribution in [3.05, 3.63) is 101 Å². The third-order valence-corrected chi connectivity index (χ3v) is 7.22. The number of carbonyl (C=O) groups excluding carboxylic acids is 3. The number of hydrogen-bond acceptors (Lipinski definition) is 4. The molecule has 0 bridgehead atoms. The molecule has 192 valence electrons. The number of nitrogens with one attached hydrogen (secondary N) is 2. The van der Waals surface area contributed by atoms with E-state index in [0.717, 1.165) is 27.1 Å². The van der Waals surface area contributed by atoms with Crippen molar-refractivity contribution in [2.24, 2.45) is 0 Å². The molecule has 0 spiro atoms. The lowest BCUT2D eigenvalue weighted by atomic mass is 9.89.